The van der Waals surface area contributed by atoms with Gasteiger partial charge in [-0.15, -0.1) is 0 Å². The molecule has 1 N–H and O–H groups in total. The van der Waals surface area contributed by atoms with Gasteiger partial charge in [0.25, 0.3) is 0 Å². The minimum Gasteiger partial charge on any atom is -0.427 e. The first kappa shape index (κ1) is 13.4. The highest BCUT2D eigenvalue weighted by Gasteiger charge is 2.22. The molecule has 1 aromatic carbocycles. The lowest BCUT2D eigenvalue weighted by molar-refractivity contribution is 0.193. The van der Waals surface area contributed by atoms with E-state index in [-0.39, 0.29) is 21.4 Å². The van der Waals surface area contributed by atoms with Crippen LogP contribution in [0.4, 0.5) is 0 Å². The molecular formula is C11H4Cl4N2O. The van der Waals surface area contributed by atoms with E-state index in [2.05, 4.69) is 0 Å². The molecule has 0 spiro atoms. The molecule has 0 aliphatic rings. The van der Waals surface area contributed by atoms with Crippen LogP contribution in [0, 0.1) is 11.3 Å². The van der Waals surface area contributed by atoms with E-state index < -0.39 is 0 Å². The summed E-state index contributed by atoms with van der Waals surface area (Å²) < 4.78 is 0.641. The predicted octanol–water partition coefficient (Wildman–Crippen LogP) is 4.88. The van der Waals surface area contributed by atoms with Crippen LogP contribution in [0.3, 0.4) is 0 Å². The number of hydrogen-bond donors (Lipinski definition) is 1. The average Bonchev–Trinajstić information content (AvgIpc) is 2.57. The molecule has 7 heteroatoms. The molecule has 1 heterocycles. The summed E-state index contributed by atoms with van der Waals surface area (Å²) in [5, 5.41) is 19.4. The number of hydrogen-bond acceptors (Lipinski definition) is 2. The van der Waals surface area contributed by atoms with Gasteiger partial charge < -0.3 is 5.21 Å². The summed E-state index contributed by atoms with van der Waals surface area (Å²) in [6, 6.07) is 6.55. The lowest BCUT2D eigenvalue weighted by Gasteiger charge is -2.05. The van der Waals surface area contributed by atoms with Crippen LogP contribution in [0.1, 0.15) is 5.56 Å². The third kappa shape index (κ3) is 2.02. The highest BCUT2D eigenvalue weighted by molar-refractivity contribution is 6.43. The minimum atomic E-state index is -0.130. The molecule has 2 rings (SSSR count). The SMILES string of the molecule is N#Cc1c(Cl)c(Cl)n(O)c1-c1ccc(Cl)c(Cl)c1. The Kier molecular flexibility index (Phi) is 3.65. The largest absolute Gasteiger partial charge is 0.427 e. The van der Waals surface area contributed by atoms with Gasteiger partial charge in [-0.3, -0.25) is 0 Å². The highest BCUT2D eigenvalue weighted by atomic mass is 35.5. The molecule has 92 valence electrons. The molecule has 0 saturated heterocycles. The van der Waals surface area contributed by atoms with Crippen molar-refractivity contribution in [2.24, 2.45) is 0 Å². The predicted molar refractivity (Wildman–Crippen MR) is 71.8 cm³/mol. The Balaban J connectivity index is 2.75. The molecule has 0 radical (unpaired) electrons. The van der Waals surface area contributed by atoms with E-state index in [9.17, 15) is 5.21 Å². The second kappa shape index (κ2) is 4.91. The van der Waals surface area contributed by atoms with Gasteiger partial charge in [-0.2, -0.15) is 9.99 Å². The Hall–Kier alpha value is -1.05. The summed E-state index contributed by atoms with van der Waals surface area (Å²) in [7, 11) is 0. The summed E-state index contributed by atoms with van der Waals surface area (Å²) in [4.78, 5) is 0. The van der Waals surface area contributed by atoms with Crippen molar-refractivity contribution in [1.82, 2.24) is 4.73 Å². The topological polar surface area (TPSA) is 49.0 Å². The van der Waals surface area contributed by atoms with Gasteiger partial charge in [-0.1, -0.05) is 52.5 Å². The zero-order chi connectivity index (χ0) is 13.4. The van der Waals surface area contributed by atoms with Crippen LogP contribution in [-0.4, -0.2) is 9.94 Å². The van der Waals surface area contributed by atoms with E-state index in [4.69, 9.17) is 51.7 Å². The van der Waals surface area contributed by atoms with Gasteiger partial charge in [0.15, 0.2) is 5.15 Å². The molecule has 0 amide bonds. The quantitative estimate of drug-likeness (QED) is 0.761. The van der Waals surface area contributed by atoms with Crippen LogP contribution in [-0.2, 0) is 0 Å². The molecule has 18 heavy (non-hydrogen) atoms. The van der Waals surface area contributed by atoms with Crippen molar-refractivity contribution < 1.29 is 5.21 Å². The van der Waals surface area contributed by atoms with Crippen molar-refractivity contribution in [3.8, 4) is 17.3 Å². The maximum absolute atomic E-state index is 9.82. The zero-order valence-electron chi connectivity index (χ0n) is 8.59. The molecule has 0 saturated carbocycles. The van der Waals surface area contributed by atoms with Crippen LogP contribution in [0.2, 0.25) is 20.2 Å². The number of benzene rings is 1. The average molecular weight is 322 g/mol. The van der Waals surface area contributed by atoms with Crippen LogP contribution in [0.15, 0.2) is 18.2 Å². The minimum absolute atomic E-state index is 0.0114. The first-order valence-electron chi connectivity index (χ1n) is 4.61. The molecule has 0 bridgehead atoms. The van der Waals surface area contributed by atoms with E-state index >= 15 is 0 Å². The fourth-order valence-electron chi connectivity index (χ4n) is 1.52. The van der Waals surface area contributed by atoms with Crippen molar-refractivity contribution in [2.45, 2.75) is 0 Å². The Morgan fingerprint density at radius 3 is 2.33 bits per heavy atom. The molecule has 1 aromatic heterocycles. The summed E-state index contributed by atoms with van der Waals surface area (Å²) in [6.07, 6.45) is 0. The molecule has 3 nitrogen and oxygen atoms in total. The summed E-state index contributed by atoms with van der Waals surface area (Å²) >= 11 is 23.3. The number of aromatic nitrogens is 1. The smallest absolute Gasteiger partial charge is 0.165 e. The fourth-order valence-corrected chi connectivity index (χ4v) is 2.21. The van der Waals surface area contributed by atoms with Gasteiger partial charge in [-0.25, -0.2) is 0 Å². The normalized spacial score (nSPS) is 10.4. The number of nitrogens with zero attached hydrogens (tertiary/aromatic N) is 2. The highest BCUT2D eigenvalue weighted by Crippen LogP contribution is 2.38. The van der Waals surface area contributed by atoms with Gasteiger partial charge >= 0.3 is 0 Å². The Morgan fingerprint density at radius 1 is 1.11 bits per heavy atom. The molecular weight excluding hydrogens is 318 g/mol. The van der Waals surface area contributed by atoms with Gasteiger partial charge in [0, 0.05) is 5.56 Å². The van der Waals surface area contributed by atoms with Gasteiger partial charge in [0.05, 0.1) is 15.1 Å². The van der Waals surface area contributed by atoms with Crippen molar-refractivity contribution in [3.63, 3.8) is 0 Å². The van der Waals surface area contributed by atoms with Crippen molar-refractivity contribution in [1.29, 1.82) is 5.26 Å². The lowest BCUT2D eigenvalue weighted by atomic mass is 10.1. The molecule has 0 unspecified atom stereocenters. The third-order valence-corrected chi connectivity index (χ3v) is 3.89. The Labute approximate surface area is 123 Å². The Bertz CT molecular complexity index is 673. The standard InChI is InChI=1S/C11H4Cl4N2O/c12-7-2-1-5(3-8(7)13)10-6(4-16)9(14)11(15)17(10)18/h1-3,18H. The molecule has 0 aliphatic carbocycles. The summed E-state index contributed by atoms with van der Waals surface area (Å²) in [5.74, 6) is 0. The first-order valence-corrected chi connectivity index (χ1v) is 6.13. The lowest BCUT2D eigenvalue weighted by Crippen LogP contribution is -1.94. The maximum Gasteiger partial charge on any atom is 0.165 e. The van der Waals surface area contributed by atoms with Crippen molar-refractivity contribution in [2.75, 3.05) is 0 Å². The second-order valence-electron chi connectivity index (χ2n) is 3.38. The van der Waals surface area contributed by atoms with E-state index in [0.717, 1.165) is 0 Å². The maximum atomic E-state index is 9.82. The number of nitriles is 1. The molecule has 0 fully saturated rings. The van der Waals surface area contributed by atoms with E-state index in [1.165, 1.54) is 6.07 Å². The van der Waals surface area contributed by atoms with Crippen LogP contribution in [0.5, 0.6) is 0 Å². The van der Waals surface area contributed by atoms with E-state index in [0.29, 0.717) is 20.3 Å². The van der Waals surface area contributed by atoms with Gasteiger partial charge in [0.1, 0.15) is 17.3 Å². The first-order chi connectivity index (χ1) is 8.47. The molecule has 0 aliphatic heterocycles. The van der Waals surface area contributed by atoms with Crippen LogP contribution in [0.25, 0.3) is 11.3 Å². The fraction of sp³-hybridized carbons (Fsp3) is 0. The van der Waals surface area contributed by atoms with Crippen LogP contribution >= 0.6 is 46.4 Å². The second-order valence-corrected chi connectivity index (χ2v) is 4.93. The zero-order valence-corrected chi connectivity index (χ0v) is 11.6. The van der Waals surface area contributed by atoms with E-state index in [1.807, 2.05) is 6.07 Å². The number of rotatable bonds is 1. The number of halogens is 4. The van der Waals surface area contributed by atoms with E-state index in [1.54, 1.807) is 12.1 Å². The van der Waals surface area contributed by atoms with Crippen LogP contribution < -0.4 is 0 Å². The summed E-state index contributed by atoms with van der Waals surface area (Å²) in [5.41, 5.74) is 0.728. The Morgan fingerprint density at radius 2 is 1.78 bits per heavy atom. The molecule has 0 atom stereocenters. The third-order valence-electron chi connectivity index (χ3n) is 2.34. The van der Waals surface area contributed by atoms with Crippen molar-refractivity contribution >= 4 is 46.4 Å². The van der Waals surface area contributed by atoms with Crippen molar-refractivity contribution in [3.05, 3.63) is 44.0 Å². The molecule has 2 aromatic rings. The monoisotopic (exact) mass is 320 g/mol. The van der Waals surface area contributed by atoms with Gasteiger partial charge in [0.2, 0.25) is 0 Å². The van der Waals surface area contributed by atoms with Gasteiger partial charge in [-0.05, 0) is 12.1 Å². The summed E-state index contributed by atoms with van der Waals surface area (Å²) in [6.45, 7) is 0.